The Morgan fingerprint density at radius 3 is 1.38 bits per heavy atom. The normalized spacial score (nSPS) is 11.7. The van der Waals surface area contributed by atoms with E-state index in [1.807, 2.05) is 0 Å². The van der Waals surface area contributed by atoms with Crippen LogP contribution in [0.5, 0.6) is 0 Å². The van der Waals surface area contributed by atoms with Gasteiger partial charge in [0.1, 0.15) is 0 Å². The highest BCUT2D eigenvalue weighted by Gasteiger charge is 2.38. The summed E-state index contributed by atoms with van der Waals surface area (Å²) in [5.41, 5.74) is 10.4. The molecule has 0 saturated heterocycles. The molecule has 0 bridgehead atoms. The lowest BCUT2D eigenvalue weighted by Gasteiger charge is -2.37. The molecule has 2 heterocycles. The molecule has 248 valence electrons. The van der Waals surface area contributed by atoms with E-state index in [-0.39, 0.29) is 0 Å². The third-order valence-corrected chi connectivity index (χ3v) is 10.3. The molecule has 9 rings (SSSR count). The van der Waals surface area contributed by atoms with Crippen LogP contribution in [0.25, 0.3) is 50.5 Å². The molecule has 4 nitrogen and oxygen atoms in total. The van der Waals surface area contributed by atoms with Crippen LogP contribution in [0.1, 0.15) is 33.4 Å². The van der Waals surface area contributed by atoms with E-state index < -0.39 is 5.41 Å². The number of benzene rings is 7. The molecule has 0 fully saturated rings. The summed E-state index contributed by atoms with van der Waals surface area (Å²) in [7, 11) is 0. The fourth-order valence-corrected chi connectivity index (χ4v) is 7.97. The van der Waals surface area contributed by atoms with Crippen molar-refractivity contribution in [3.8, 4) is 28.7 Å². The summed E-state index contributed by atoms with van der Waals surface area (Å²) in [5, 5.41) is 2.32. The third kappa shape index (κ3) is 5.11. The van der Waals surface area contributed by atoms with Gasteiger partial charge in [0.25, 0.3) is 0 Å². The minimum absolute atomic E-state index is 0.589. The number of hydrogen-bond donors (Lipinski definition) is 0. The van der Waals surface area contributed by atoms with Gasteiger partial charge in [-0.25, -0.2) is 4.98 Å². The molecular formula is C48H36N4. The standard InChI is InChI=1S/C48H36N4/c1-33-18-16-19-34(2)44(33)46-49-45(50-47(51-46)52-42-30-14-12-28-40(42)41-29-13-15-31-43(41)52)35-20-17-27-39(32-35)48(36-21-6-3-7-22-36,37-23-8-4-9-24-37)38-25-10-5-11-26-38/h3-32H,1-2H3. The first kappa shape index (κ1) is 31.3. The van der Waals surface area contributed by atoms with Gasteiger partial charge in [-0.05, 0) is 65.4 Å². The largest absolute Gasteiger partial charge is 0.278 e. The predicted molar refractivity (Wildman–Crippen MR) is 213 cm³/mol. The van der Waals surface area contributed by atoms with E-state index in [4.69, 9.17) is 15.0 Å². The average molecular weight is 669 g/mol. The maximum absolute atomic E-state index is 5.31. The molecule has 2 aromatic heterocycles. The van der Waals surface area contributed by atoms with Gasteiger partial charge in [0.2, 0.25) is 5.95 Å². The molecular weight excluding hydrogens is 633 g/mol. The van der Waals surface area contributed by atoms with Gasteiger partial charge in [-0.3, -0.25) is 4.57 Å². The minimum Gasteiger partial charge on any atom is -0.278 e. The van der Waals surface area contributed by atoms with Crippen molar-refractivity contribution in [3.05, 3.63) is 215 Å². The maximum Gasteiger partial charge on any atom is 0.238 e. The second kappa shape index (κ2) is 12.9. The van der Waals surface area contributed by atoms with Crippen molar-refractivity contribution >= 4 is 21.8 Å². The fourth-order valence-electron chi connectivity index (χ4n) is 7.97. The molecule has 7 aromatic carbocycles. The monoisotopic (exact) mass is 668 g/mol. The van der Waals surface area contributed by atoms with E-state index in [2.05, 4.69) is 200 Å². The molecule has 0 N–H and O–H groups in total. The zero-order valence-electron chi connectivity index (χ0n) is 29.1. The Labute approximate surface area is 303 Å². The summed E-state index contributed by atoms with van der Waals surface area (Å²) < 4.78 is 2.18. The Hall–Kier alpha value is -6.65. The van der Waals surface area contributed by atoms with Gasteiger partial charge in [0.15, 0.2) is 11.6 Å². The van der Waals surface area contributed by atoms with Gasteiger partial charge >= 0.3 is 0 Å². The van der Waals surface area contributed by atoms with Crippen molar-refractivity contribution in [1.29, 1.82) is 0 Å². The molecule has 9 aromatic rings. The van der Waals surface area contributed by atoms with Crippen LogP contribution in [0.2, 0.25) is 0 Å². The molecule has 0 aliphatic heterocycles. The smallest absolute Gasteiger partial charge is 0.238 e. The lowest BCUT2D eigenvalue weighted by atomic mass is 9.65. The summed E-state index contributed by atoms with van der Waals surface area (Å²) in [4.78, 5) is 15.8. The molecule has 0 amide bonds. The van der Waals surface area contributed by atoms with Crippen molar-refractivity contribution in [1.82, 2.24) is 19.5 Å². The van der Waals surface area contributed by atoms with Crippen molar-refractivity contribution in [2.75, 3.05) is 0 Å². The first-order valence-corrected chi connectivity index (χ1v) is 17.7. The fraction of sp³-hybridized carbons (Fsp3) is 0.0625. The lowest BCUT2D eigenvalue weighted by Crippen LogP contribution is -2.31. The van der Waals surface area contributed by atoms with E-state index in [9.17, 15) is 0 Å². The topological polar surface area (TPSA) is 43.6 Å². The van der Waals surface area contributed by atoms with Crippen molar-refractivity contribution in [3.63, 3.8) is 0 Å². The molecule has 0 radical (unpaired) electrons. The van der Waals surface area contributed by atoms with Gasteiger partial charge < -0.3 is 0 Å². The molecule has 0 spiro atoms. The summed E-state index contributed by atoms with van der Waals surface area (Å²) >= 11 is 0. The second-order valence-electron chi connectivity index (χ2n) is 13.3. The molecule has 0 aliphatic carbocycles. The van der Waals surface area contributed by atoms with Crippen LogP contribution in [0, 0.1) is 13.8 Å². The van der Waals surface area contributed by atoms with E-state index in [1.165, 1.54) is 16.7 Å². The van der Waals surface area contributed by atoms with E-state index >= 15 is 0 Å². The molecule has 0 saturated carbocycles. The van der Waals surface area contributed by atoms with Gasteiger partial charge in [0.05, 0.1) is 16.4 Å². The minimum atomic E-state index is -0.599. The van der Waals surface area contributed by atoms with Crippen LogP contribution < -0.4 is 0 Å². The quantitative estimate of drug-likeness (QED) is 0.159. The average Bonchev–Trinajstić information content (AvgIpc) is 3.54. The molecule has 0 unspecified atom stereocenters. The van der Waals surface area contributed by atoms with Crippen LogP contribution in [-0.4, -0.2) is 19.5 Å². The van der Waals surface area contributed by atoms with E-state index in [0.29, 0.717) is 17.6 Å². The molecule has 4 heteroatoms. The van der Waals surface area contributed by atoms with Crippen LogP contribution in [0.3, 0.4) is 0 Å². The number of para-hydroxylation sites is 2. The zero-order valence-corrected chi connectivity index (χ0v) is 29.1. The second-order valence-corrected chi connectivity index (χ2v) is 13.3. The highest BCUT2D eigenvalue weighted by Crippen LogP contribution is 2.46. The van der Waals surface area contributed by atoms with Crippen LogP contribution in [0.15, 0.2) is 182 Å². The van der Waals surface area contributed by atoms with Gasteiger partial charge in [0, 0.05) is 21.9 Å². The Morgan fingerprint density at radius 1 is 0.404 bits per heavy atom. The van der Waals surface area contributed by atoms with Gasteiger partial charge in [-0.1, -0.05) is 164 Å². The third-order valence-electron chi connectivity index (χ3n) is 10.3. The van der Waals surface area contributed by atoms with Crippen molar-refractivity contribution in [2.45, 2.75) is 19.3 Å². The van der Waals surface area contributed by atoms with Gasteiger partial charge in [-0.15, -0.1) is 0 Å². The summed E-state index contributed by atoms with van der Waals surface area (Å²) in [5.74, 6) is 1.86. The molecule has 52 heavy (non-hydrogen) atoms. The maximum atomic E-state index is 5.31. The number of nitrogens with zero attached hydrogens (tertiary/aromatic N) is 4. The van der Waals surface area contributed by atoms with Crippen molar-refractivity contribution < 1.29 is 0 Å². The Bertz CT molecular complexity index is 2530. The summed E-state index contributed by atoms with van der Waals surface area (Å²) in [6.07, 6.45) is 0. The van der Waals surface area contributed by atoms with Crippen LogP contribution >= 0.6 is 0 Å². The Kier molecular flexibility index (Phi) is 7.78. The summed E-state index contributed by atoms with van der Waals surface area (Å²) in [6.45, 7) is 4.25. The first-order valence-electron chi connectivity index (χ1n) is 17.7. The zero-order chi connectivity index (χ0) is 35.1. The Balaban J connectivity index is 1.34. The highest BCUT2D eigenvalue weighted by atomic mass is 15.2. The number of fused-ring (bicyclic) bond motifs is 3. The van der Waals surface area contributed by atoms with E-state index in [0.717, 1.165) is 49.6 Å². The van der Waals surface area contributed by atoms with Gasteiger partial charge in [-0.2, -0.15) is 9.97 Å². The van der Waals surface area contributed by atoms with Crippen molar-refractivity contribution in [2.24, 2.45) is 0 Å². The molecule has 0 aliphatic rings. The predicted octanol–water partition coefficient (Wildman–Crippen LogP) is 11.3. The number of aryl methyl sites for hydroxylation is 2. The van der Waals surface area contributed by atoms with Crippen LogP contribution in [-0.2, 0) is 5.41 Å². The van der Waals surface area contributed by atoms with E-state index in [1.54, 1.807) is 0 Å². The first-order chi connectivity index (χ1) is 25.6. The molecule has 0 atom stereocenters. The highest BCUT2D eigenvalue weighted by molar-refractivity contribution is 6.09. The lowest BCUT2D eigenvalue weighted by molar-refractivity contribution is 0.745. The summed E-state index contributed by atoms with van der Waals surface area (Å²) in [6, 6.07) is 64.4. The van der Waals surface area contributed by atoms with Crippen LogP contribution in [0.4, 0.5) is 0 Å². The number of rotatable bonds is 7. The number of aromatic nitrogens is 4. The Morgan fingerprint density at radius 2 is 0.846 bits per heavy atom. The number of hydrogen-bond acceptors (Lipinski definition) is 3. The SMILES string of the molecule is Cc1cccc(C)c1-c1nc(-c2cccc(C(c3ccccc3)(c3ccccc3)c3ccccc3)c2)nc(-n2c3ccccc3c3ccccc32)n1.